The summed E-state index contributed by atoms with van der Waals surface area (Å²) in [5, 5.41) is 24.1. The van der Waals surface area contributed by atoms with Gasteiger partial charge < -0.3 is 10.4 Å². The molecule has 0 heterocycles. The summed E-state index contributed by atoms with van der Waals surface area (Å²) in [5.41, 5.74) is 1.88. The zero-order valence-corrected chi connectivity index (χ0v) is 7.48. The van der Waals surface area contributed by atoms with Gasteiger partial charge in [-0.15, -0.1) is 0 Å². The van der Waals surface area contributed by atoms with Crippen LogP contribution in [0.4, 0.5) is 0 Å². The highest BCUT2D eigenvalue weighted by atomic mass is 16.4. The molecule has 72 valence electrons. The average Bonchev–Trinajstić information content (AvgIpc) is 2.19. The molecule has 0 spiro atoms. The van der Waals surface area contributed by atoms with Gasteiger partial charge in [-0.25, -0.2) is 0 Å². The molecular formula is C9H14N2O2. The van der Waals surface area contributed by atoms with Crippen LogP contribution in [0.5, 0.6) is 0 Å². The van der Waals surface area contributed by atoms with Crippen molar-refractivity contribution in [2.45, 2.75) is 32.1 Å². The van der Waals surface area contributed by atoms with Gasteiger partial charge >= 0.3 is 0 Å². The van der Waals surface area contributed by atoms with E-state index in [-0.39, 0.29) is 0 Å². The zero-order valence-electron chi connectivity index (χ0n) is 7.48. The van der Waals surface area contributed by atoms with E-state index < -0.39 is 0 Å². The van der Waals surface area contributed by atoms with Crippen molar-refractivity contribution in [3.63, 3.8) is 0 Å². The Kier molecular flexibility index (Phi) is 2.20. The Bertz CT molecular complexity index is 234. The van der Waals surface area contributed by atoms with E-state index in [1.54, 1.807) is 0 Å². The molecule has 0 aromatic rings. The second kappa shape index (κ2) is 3.36. The second-order valence-corrected chi connectivity index (χ2v) is 3.89. The van der Waals surface area contributed by atoms with Gasteiger partial charge in [-0.2, -0.15) is 0 Å². The Balaban J connectivity index is 2.13. The van der Waals surface area contributed by atoms with Crippen LogP contribution in [-0.2, 0) is 0 Å². The van der Waals surface area contributed by atoms with Gasteiger partial charge in [-0.1, -0.05) is 10.3 Å². The van der Waals surface area contributed by atoms with Crippen molar-refractivity contribution in [3.8, 4) is 0 Å². The van der Waals surface area contributed by atoms with E-state index in [1.165, 1.54) is 0 Å². The van der Waals surface area contributed by atoms with E-state index >= 15 is 0 Å². The fourth-order valence-corrected chi connectivity index (χ4v) is 2.50. The monoisotopic (exact) mass is 182 g/mol. The van der Waals surface area contributed by atoms with Crippen LogP contribution >= 0.6 is 0 Å². The van der Waals surface area contributed by atoms with Crippen molar-refractivity contribution in [1.82, 2.24) is 0 Å². The number of fused-ring (bicyclic) bond motifs is 2. The third-order valence-corrected chi connectivity index (χ3v) is 3.27. The molecule has 0 amide bonds. The lowest BCUT2D eigenvalue weighted by molar-refractivity contribution is 0.288. The molecule has 4 heteroatoms. The van der Waals surface area contributed by atoms with Crippen molar-refractivity contribution >= 4 is 11.4 Å². The van der Waals surface area contributed by atoms with Crippen molar-refractivity contribution in [3.05, 3.63) is 0 Å². The summed E-state index contributed by atoms with van der Waals surface area (Å²) in [7, 11) is 0. The largest absolute Gasteiger partial charge is 0.411 e. The van der Waals surface area contributed by atoms with E-state index in [4.69, 9.17) is 10.4 Å². The lowest BCUT2D eigenvalue weighted by Gasteiger charge is -2.34. The van der Waals surface area contributed by atoms with Gasteiger partial charge in [0.2, 0.25) is 0 Å². The van der Waals surface area contributed by atoms with Crippen LogP contribution in [0.15, 0.2) is 10.3 Å². The maximum absolute atomic E-state index is 8.73. The molecule has 2 atom stereocenters. The molecule has 2 N–H and O–H groups in total. The molecule has 0 radical (unpaired) electrons. The Morgan fingerprint density at radius 1 is 0.923 bits per heavy atom. The molecule has 2 saturated carbocycles. The molecule has 2 fully saturated rings. The number of nitrogens with zero attached hydrogens (tertiary/aromatic N) is 2. The molecule has 0 aliphatic heterocycles. The van der Waals surface area contributed by atoms with Crippen molar-refractivity contribution in [2.24, 2.45) is 22.1 Å². The Hall–Kier alpha value is -1.06. The van der Waals surface area contributed by atoms with Crippen LogP contribution in [0.3, 0.4) is 0 Å². The van der Waals surface area contributed by atoms with Crippen molar-refractivity contribution in [2.75, 3.05) is 0 Å². The van der Waals surface area contributed by atoms with Gasteiger partial charge in [0.1, 0.15) is 0 Å². The third kappa shape index (κ3) is 1.41. The first kappa shape index (κ1) is 8.53. The summed E-state index contributed by atoms with van der Waals surface area (Å²) < 4.78 is 0. The highest BCUT2D eigenvalue weighted by molar-refractivity contribution is 5.94. The second-order valence-electron chi connectivity index (χ2n) is 3.89. The summed E-state index contributed by atoms with van der Waals surface area (Å²) in [6.07, 6.45) is 4.64. The SMILES string of the molecule is O/N=C1/CC[C@@H]2C[C@@H]1CC/C2=N\O. The van der Waals surface area contributed by atoms with E-state index in [9.17, 15) is 0 Å². The first-order valence-corrected chi connectivity index (χ1v) is 4.76. The Labute approximate surface area is 76.9 Å². The van der Waals surface area contributed by atoms with Crippen LogP contribution in [0.2, 0.25) is 0 Å². The quantitative estimate of drug-likeness (QED) is 0.443. The molecule has 2 bridgehead atoms. The smallest absolute Gasteiger partial charge is 0.0602 e. The van der Waals surface area contributed by atoms with Crippen molar-refractivity contribution < 1.29 is 10.4 Å². The van der Waals surface area contributed by atoms with Crippen molar-refractivity contribution in [1.29, 1.82) is 0 Å². The maximum atomic E-state index is 8.73. The minimum Gasteiger partial charge on any atom is -0.411 e. The molecule has 4 nitrogen and oxygen atoms in total. The van der Waals surface area contributed by atoms with Crippen LogP contribution in [0.1, 0.15) is 32.1 Å². The number of hydrogen-bond acceptors (Lipinski definition) is 4. The predicted molar refractivity (Wildman–Crippen MR) is 48.5 cm³/mol. The summed E-state index contributed by atoms with van der Waals surface area (Å²) in [6.45, 7) is 0. The van der Waals surface area contributed by atoms with Gasteiger partial charge in [0, 0.05) is 11.8 Å². The van der Waals surface area contributed by atoms with E-state index in [1.807, 2.05) is 0 Å². The molecule has 0 aromatic heterocycles. The lowest BCUT2D eigenvalue weighted by atomic mass is 9.70. The summed E-state index contributed by atoms with van der Waals surface area (Å²) in [6, 6.07) is 0. The van der Waals surface area contributed by atoms with Gasteiger partial charge in [0.25, 0.3) is 0 Å². The Morgan fingerprint density at radius 3 is 1.77 bits per heavy atom. The van der Waals surface area contributed by atoms with Gasteiger partial charge in [-0.05, 0) is 32.1 Å². The average molecular weight is 182 g/mol. The van der Waals surface area contributed by atoms with Crippen LogP contribution in [0.25, 0.3) is 0 Å². The minimum absolute atomic E-state index is 0.425. The predicted octanol–water partition coefficient (Wildman–Crippen LogP) is 1.86. The third-order valence-electron chi connectivity index (χ3n) is 3.27. The molecule has 0 saturated heterocycles. The van der Waals surface area contributed by atoms with Crippen LogP contribution < -0.4 is 0 Å². The van der Waals surface area contributed by atoms with Crippen LogP contribution in [-0.4, -0.2) is 21.8 Å². The van der Waals surface area contributed by atoms with Gasteiger partial charge in [0.05, 0.1) is 11.4 Å². The highest BCUT2D eigenvalue weighted by Gasteiger charge is 2.34. The molecular weight excluding hydrogens is 168 g/mol. The number of rotatable bonds is 0. The summed E-state index contributed by atoms with van der Waals surface area (Å²) >= 11 is 0. The van der Waals surface area contributed by atoms with Gasteiger partial charge in [0.15, 0.2) is 0 Å². The molecule has 2 aliphatic rings. The summed E-state index contributed by atoms with van der Waals surface area (Å²) in [5.74, 6) is 0.850. The van der Waals surface area contributed by atoms with E-state index in [0.717, 1.165) is 43.5 Å². The molecule has 0 aromatic carbocycles. The fourth-order valence-electron chi connectivity index (χ4n) is 2.50. The van der Waals surface area contributed by atoms with Gasteiger partial charge in [-0.3, -0.25) is 0 Å². The summed E-state index contributed by atoms with van der Waals surface area (Å²) in [4.78, 5) is 0. The number of hydrogen-bond donors (Lipinski definition) is 2. The highest BCUT2D eigenvalue weighted by Crippen LogP contribution is 2.36. The normalized spacial score (nSPS) is 39.7. The van der Waals surface area contributed by atoms with Crippen LogP contribution in [0, 0.1) is 11.8 Å². The zero-order chi connectivity index (χ0) is 9.26. The molecule has 2 rings (SSSR count). The first-order chi connectivity index (χ1) is 6.35. The molecule has 2 aliphatic carbocycles. The molecule has 0 unspecified atom stereocenters. The Morgan fingerprint density at radius 2 is 1.38 bits per heavy atom. The fraction of sp³-hybridized carbons (Fsp3) is 0.778. The lowest BCUT2D eigenvalue weighted by Crippen LogP contribution is -2.34. The standard InChI is InChI=1S/C9H14N2O2/c12-10-8-3-1-6-5-7(8)2-4-9(6)11-13/h6-7,12-13H,1-5H2/b10-8-,11-9+/t6-,7+/m1/s1. The minimum atomic E-state index is 0.425. The maximum Gasteiger partial charge on any atom is 0.0602 e. The first-order valence-electron chi connectivity index (χ1n) is 4.76. The topological polar surface area (TPSA) is 65.2 Å². The van der Waals surface area contributed by atoms with E-state index in [0.29, 0.717) is 11.8 Å². The molecule has 13 heavy (non-hydrogen) atoms. The van der Waals surface area contributed by atoms with E-state index in [2.05, 4.69) is 10.3 Å². The number of oxime groups is 2.